The molecule has 0 aromatic carbocycles. The number of carboxylic acid groups (broad SMARTS) is 1. The van der Waals surface area contributed by atoms with Crippen LogP contribution in [0, 0.1) is 5.92 Å². The van der Waals surface area contributed by atoms with Crippen LogP contribution in [0.1, 0.15) is 168 Å². The average molecular weight is 794 g/mol. The zero-order valence-electron chi connectivity index (χ0n) is 34.8. The molecule has 5 N–H and O–H groups in total. The summed E-state index contributed by atoms with van der Waals surface area (Å²) < 4.78 is 10.6. The quantitative estimate of drug-likeness (QED) is 0.0205. The van der Waals surface area contributed by atoms with Crippen LogP contribution in [0.5, 0.6) is 0 Å². The van der Waals surface area contributed by atoms with Crippen molar-refractivity contribution in [3.05, 3.63) is 48.6 Å². The molecule has 0 aliphatic heterocycles. The monoisotopic (exact) mass is 794 g/mol. The number of hydrogen-bond donors (Lipinski definition) is 4. The molecule has 4 atom stereocenters. The molecule has 0 unspecified atom stereocenters. The summed E-state index contributed by atoms with van der Waals surface area (Å²) in [6, 6.07) is -1.05. The fourth-order valence-electron chi connectivity index (χ4n) is 5.87. The first-order valence-corrected chi connectivity index (χ1v) is 22.5. The van der Waals surface area contributed by atoms with Crippen molar-refractivity contribution >= 4 is 29.7 Å². The number of aliphatic hydroxyl groups excluding tert-OH is 2. The number of nitrogens with two attached hydrogens (primary N) is 1. The van der Waals surface area contributed by atoms with Crippen molar-refractivity contribution in [2.45, 2.75) is 192 Å². The minimum absolute atomic E-state index is 0.0476. The van der Waals surface area contributed by atoms with Crippen LogP contribution in [-0.4, -0.2) is 75.7 Å². The van der Waals surface area contributed by atoms with E-state index in [0.29, 0.717) is 6.42 Å². The van der Waals surface area contributed by atoms with Crippen LogP contribution in [0.25, 0.3) is 0 Å². The van der Waals surface area contributed by atoms with Gasteiger partial charge in [0.25, 0.3) is 0 Å². The van der Waals surface area contributed by atoms with Crippen LogP contribution in [0.4, 0.5) is 0 Å². The normalized spacial score (nSPS) is 14.4. The van der Waals surface area contributed by atoms with E-state index >= 15 is 0 Å². The average Bonchev–Trinajstić information content (AvgIpc) is 3.15. The first kappa shape index (κ1) is 52.6. The number of rotatable bonds is 38. The van der Waals surface area contributed by atoms with Gasteiger partial charge in [0.15, 0.2) is 6.10 Å². The highest BCUT2D eigenvalue weighted by atomic mass is 32.2. The molecule has 0 amide bonds. The fraction of sp³-hybridized carbons (Fsp3) is 0.756. The van der Waals surface area contributed by atoms with E-state index in [2.05, 4.69) is 39.0 Å². The maximum absolute atomic E-state index is 12.7. The summed E-state index contributed by atoms with van der Waals surface area (Å²) in [5.74, 6) is -1.11. The van der Waals surface area contributed by atoms with Crippen molar-refractivity contribution in [1.29, 1.82) is 0 Å². The molecular formula is C45H79NO8S. The number of ether oxygens (including phenoxy) is 2. The third kappa shape index (κ3) is 35.7. The van der Waals surface area contributed by atoms with Gasteiger partial charge >= 0.3 is 17.9 Å². The van der Waals surface area contributed by atoms with Gasteiger partial charge in [-0.1, -0.05) is 166 Å². The van der Waals surface area contributed by atoms with Crippen LogP contribution >= 0.6 is 11.8 Å². The number of carboxylic acids is 1. The van der Waals surface area contributed by atoms with E-state index in [1.807, 2.05) is 24.3 Å². The van der Waals surface area contributed by atoms with E-state index in [9.17, 15) is 24.6 Å². The lowest BCUT2D eigenvalue weighted by molar-refractivity contribution is -0.162. The second kappa shape index (κ2) is 38.5. The van der Waals surface area contributed by atoms with E-state index in [4.69, 9.17) is 20.3 Å². The second-order valence-corrected chi connectivity index (χ2v) is 16.3. The van der Waals surface area contributed by atoms with Gasteiger partial charge in [0.2, 0.25) is 0 Å². The highest BCUT2D eigenvalue weighted by Crippen LogP contribution is 2.22. The summed E-state index contributed by atoms with van der Waals surface area (Å²) in [4.78, 5) is 35.9. The molecular weight excluding hydrogens is 715 g/mol. The molecule has 0 spiro atoms. The molecule has 0 aliphatic carbocycles. The zero-order chi connectivity index (χ0) is 40.8. The zero-order valence-corrected chi connectivity index (χ0v) is 35.6. The molecule has 10 heteroatoms. The molecule has 0 saturated heterocycles. The largest absolute Gasteiger partial charge is 0.481 e. The lowest BCUT2D eigenvalue weighted by atomic mass is 10.0. The van der Waals surface area contributed by atoms with Crippen molar-refractivity contribution in [2.24, 2.45) is 11.7 Å². The Balaban J connectivity index is 4.44. The predicted molar refractivity (Wildman–Crippen MR) is 229 cm³/mol. The lowest BCUT2D eigenvalue weighted by Crippen LogP contribution is -2.40. The molecule has 9 nitrogen and oxygen atoms in total. The van der Waals surface area contributed by atoms with E-state index < -0.39 is 42.0 Å². The van der Waals surface area contributed by atoms with Crippen molar-refractivity contribution < 1.29 is 39.2 Å². The molecule has 0 aromatic rings. The topological polar surface area (TPSA) is 156 Å². The van der Waals surface area contributed by atoms with Gasteiger partial charge in [-0.3, -0.25) is 14.4 Å². The number of thioether (sulfide) groups is 1. The Labute approximate surface area is 339 Å². The molecule has 0 aromatic heterocycles. The maximum atomic E-state index is 12.7. The molecule has 0 fully saturated rings. The Morgan fingerprint density at radius 2 is 1.35 bits per heavy atom. The Hall–Kier alpha value is -2.40. The van der Waals surface area contributed by atoms with Gasteiger partial charge in [0.1, 0.15) is 12.6 Å². The summed E-state index contributed by atoms with van der Waals surface area (Å²) in [6.07, 6.45) is 37.6. The number of carbonyl (C=O) groups excluding carboxylic acids is 2. The Bertz CT molecular complexity index is 1060. The third-order valence-electron chi connectivity index (χ3n) is 9.30. The molecule has 0 bridgehead atoms. The fourth-order valence-corrected chi connectivity index (χ4v) is 6.99. The molecule has 55 heavy (non-hydrogen) atoms. The molecule has 318 valence electrons. The number of aliphatic hydroxyl groups is 2. The van der Waals surface area contributed by atoms with E-state index in [0.717, 1.165) is 38.0 Å². The predicted octanol–water partition coefficient (Wildman–Crippen LogP) is 10.2. The van der Waals surface area contributed by atoms with Gasteiger partial charge in [-0.2, -0.15) is 0 Å². The van der Waals surface area contributed by atoms with Crippen molar-refractivity contribution in [1.82, 2.24) is 0 Å². The first-order valence-electron chi connectivity index (χ1n) is 21.5. The summed E-state index contributed by atoms with van der Waals surface area (Å²) in [6.45, 7) is 6.02. The SMILES string of the molecule is CCCCC/C=C\C\C=C/C=C/C=C/[C@@H](SC[C@H](N)C(=O)O[C@@H](CO)COC(=O)CCCCCCCCCCCCCCCC(C)C)[C@@H](O)CCCC(=O)O. The van der Waals surface area contributed by atoms with Gasteiger partial charge in [-0.15, -0.1) is 11.8 Å². The minimum atomic E-state index is -1.05. The highest BCUT2D eigenvalue weighted by molar-refractivity contribution is 8.00. The van der Waals surface area contributed by atoms with E-state index in [1.165, 1.54) is 102 Å². The number of unbranched alkanes of at least 4 members (excludes halogenated alkanes) is 15. The van der Waals surface area contributed by atoms with Crippen LogP contribution in [-0.2, 0) is 23.9 Å². The van der Waals surface area contributed by atoms with Crippen LogP contribution in [0.2, 0.25) is 0 Å². The van der Waals surface area contributed by atoms with E-state index in [-0.39, 0.29) is 37.6 Å². The summed E-state index contributed by atoms with van der Waals surface area (Å²) in [5, 5.41) is 29.1. The van der Waals surface area contributed by atoms with Crippen molar-refractivity contribution in [3.8, 4) is 0 Å². The molecule has 0 radical (unpaired) electrons. The van der Waals surface area contributed by atoms with Gasteiger partial charge in [-0.25, -0.2) is 0 Å². The number of hydrogen-bond acceptors (Lipinski definition) is 9. The Morgan fingerprint density at radius 1 is 0.727 bits per heavy atom. The lowest BCUT2D eigenvalue weighted by Gasteiger charge is -2.22. The molecule has 0 heterocycles. The summed E-state index contributed by atoms with van der Waals surface area (Å²) in [5.41, 5.74) is 6.11. The summed E-state index contributed by atoms with van der Waals surface area (Å²) >= 11 is 1.27. The van der Waals surface area contributed by atoms with Crippen molar-refractivity contribution in [3.63, 3.8) is 0 Å². The molecule has 0 aliphatic rings. The Morgan fingerprint density at radius 3 is 1.95 bits per heavy atom. The number of carbonyl (C=O) groups is 3. The van der Waals surface area contributed by atoms with Gasteiger partial charge in [0, 0.05) is 23.8 Å². The van der Waals surface area contributed by atoms with E-state index in [1.54, 1.807) is 6.08 Å². The molecule has 0 saturated carbocycles. The Kier molecular flexibility index (Phi) is 36.8. The van der Waals surface area contributed by atoms with Crippen LogP contribution < -0.4 is 5.73 Å². The van der Waals surface area contributed by atoms with Crippen molar-refractivity contribution in [2.75, 3.05) is 19.0 Å². The third-order valence-corrected chi connectivity index (χ3v) is 10.7. The van der Waals surface area contributed by atoms with Crippen LogP contribution in [0.3, 0.4) is 0 Å². The standard InChI is InChI=1S/C45H79NO8S/c1-4-5-6-7-8-9-10-15-18-21-24-27-32-42(41(48)31-29-33-43(49)50)55-37-40(46)45(52)54-39(35-47)36-53-44(51)34-28-25-22-19-16-13-11-12-14-17-20-23-26-30-38(2)3/h8-9,15,18,21,24,27,32,38-42,47-48H,4-7,10-14,16-17,19-20,22-23,25-26,28-31,33-37,46H2,1-3H3,(H,49,50)/b9-8-,18-15-,24-21+,32-27+/t39-,40-,41-,42+/m0/s1. The molecule has 0 rings (SSSR count). The smallest absolute Gasteiger partial charge is 0.324 e. The number of aliphatic carboxylic acids is 1. The van der Waals surface area contributed by atoms with Gasteiger partial charge < -0.3 is 30.5 Å². The van der Waals surface area contributed by atoms with Gasteiger partial charge in [-0.05, 0) is 44.4 Å². The number of esters is 2. The second-order valence-electron chi connectivity index (χ2n) is 15.1. The number of allylic oxidation sites excluding steroid dienone is 7. The first-order chi connectivity index (χ1) is 26.6. The minimum Gasteiger partial charge on any atom is -0.481 e. The van der Waals surface area contributed by atoms with Gasteiger partial charge in [0.05, 0.1) is 12.7 Å². The van der Waals surface area contributed by atoms with Crippen LogP contribution in [0.15, 0.2) is 48.6 Å². The summed E-state index contributed by atoms with van der Waals surface area (Å²) in [7, 11) is 0. The maximum Gasteiger partial charge on any atom is 0.324 e. The highest BCUT2D eigenvalue weighted by Gasteiger charge is 2.24.